The number of urea groups is 1. The van der Waals surface area contributed by atoms with Crippen molar-refractivity contribution in [2.24, 2.45) is 0 Å². The summed E-state index contributed by atoms with van der Waals surface area (Å²) in [6, 6.07) is 5.80. The number of carbonyl (C=O) groups excluding carboxylic acids is 1. The monoisotopic (exact) mass is 327 g/mol. The molecule has 1 N–H and O–H groups in total. The average molecular weight is 327 g/mol. The Bertz CT molecular complexity index is 884. The molecule has 0 saturated heterocycles. The lowest BCUT2D eigenvalue weighted by molar-refractivity contribution is 0.190. The number of nitrogens with one attached hydrogen (secondary N) is 1. The first-order valence-electron chi connectivity index (χ1n) is 7.59. The normalized spacial score (nSPS) is 17.3. The number of aryl methyl sites for hydroxylation is 1. The van der Waals surface area contributed by atoms with Gasteiger partial charge in [0.25, 0.3) is 0 Å². The number of hydrogen-bond acceptors (Lipinski definition) is 4. The Morgan fingerprint density at radius 3 is 3.17 bits per heavy atom. The van der Waals surface area contributed by atoms with Crippen molar-refractivity contribution in [1.82, 2.24) is 19.5 Å². The van der Waals surface area contributed by atoms with Crippen molar-refractivity contribution in [2.75, 3.05) is 11.9 Å². The fourth-order valence-electron chi connectivity index (χ4n) is 3.06. The van der Waals surface area contributed by atoms with E-state index < -0.39 is 0 Å². The van der Waals surface area contributed by atoms with Crippen LogP contribution >= 0.6 is 11.3 Å². The van der Waals surface area contributed by atoms with E-state index in [0.717, 1.165) is 24.3 Å². The van der Waals surface area contributed by atoms with E-state index in [4.69, 9.17) is 0 Å². The summed E-state index contributed by atoms with van der Waals surface area (Å²) in [7, 11) is 0. The molecule has 2 amide bonds. The molecule has 1 aliphatic rings. The number of carbonyl (C=O) groups is 1. The van der Waals surface area contributed by atoms with Crippen molar-refractivity contribution < 1.29 is 4.79 Å². The predicted molar refractivity (Wildman–Crippen MR) is 89.9 cm³/mol. The Kier molecular flexibility index (Phi) is 3.30. The molecule has 7 heteroatoms. The molecule has 4 rings (SSSR count). The van der Waals surface area contributed by atoms with Crippen LogP contribution in [0.2, 0.25) is 0 Å². The maximum Gasteiger partial charge on any atom is 0.323 e. The van der Waals surface area contributed by atoms with Crippen LogP contribution in [0.5, 0.6) is 0 Å². The first-order chi connectivity index (χ1) is 11.1. The molecule has 4 heterocycles. The van der Waals surface area contributed by atoms with Gasteiger partial charge < -0.3 is 4.90 Å². The number of anilines is 1. The van der Waals surface area contributed by atoms with Gasteiger partial charge in [0.15, 0.2) is 5.65 Å². The molecule has 23 heavy (non-hydrogen) atoms. The van der Waals surface area contributed by atoms with E-state index in [1.807, 2.05) is 17.9 Å². The molecular formula is C16H17N5OS. The van der Waals surface area contributed by atoms with Gasteiger partial charge in [-0.05, 0) is 43.3 Å². The van der Waals surface area contributed by atoms with E-state index in [0.29, 0.717) is 5.82 Å². The van der Waals surface area contributed by atoms with Crippen LogP contribution in [-0.4, -0.2) is 32.1 Å². The fourth-order valence-corrected chi connectivity index (χ4v) is 4.08. The Morgan fingerprint density at radius 2 is 2.30 bits per heavy atom. The highest BCUT2D eigenvalue weighted by Crippen LogP contribution is 2.33. The minimum absolute atomic E-state index is 0.0930. The van der Waals surface area contributed by atoms with Crippen LogP contribution in [0.1, 0.15) is 29.1 Å². The third-order valence-corrected chi connectivity index (χ3v) is 5.36. The van der Waals surface area contributed by atoms with E-state index in [2.05, 4.69) is 33.8 Å². The summed E-state index contributed by atoms with van der Waals surface area (Å²) >= 11 is 1.72. The van der Waals surface area contributed by atoms with Crippen molar-refractivity contribution >= 4 is 28.8 Å². The standard InChI is InChI=1S/C16H17N5OS/c1-10-9-14-17-6-3-13(21(14)19-10)18-16(22)20-7-4-12-5-8-23-15(12)11(20)2/h3,5-6,8-9,11H,4,7H2,1-2H3,(H,18,22). The van der Waals surface area contributed by atoms with Crippen molar-refractivity contribution in [2.45, 2.75) is 26.3 Å². The Balaban J connectivity index is 1.60. The number of hydrogen-bond donors (Lipinski definition) is 1. The summed E-state index contributed by atoms with van der Waals surface area (Å²) < 4.78 is 1.67. The van der Waals surface area contributed by atoms with Crippen LogP contribution in [0, 0.1) is 6.92 Å². The zero-order chi connectivity index (χ0) is 16.0. The minimum atomic E-state index is -0.0998. The van der Waals surface area contributed by atoms with Crippen molar-refractivity contribution in [3.8, 4) is 0 Å². The quantitative estimate of drug-likeness (QED) is 0.746. The second kappa shape index (κ2) is 5.34. The fraction of sp³-hybridized carbons (Fsp3) is 0.312. The molecule has 1 unspecified atom stereocenters. The summed E-state index contributed by atoms with van der Waals surface area (Å²) in [6.07, 6.45) is 2.59. The van der Waals surface area contributed by atoms with Gasteiger partial charge in [0, 0.05) is 23.7 Å². The maximum atomic E-state index is 12.7. The summed E-state index contributed by atoms with van der Waals surface area (Å²) in [5.41, 5.74) is 2.96. The zero-order valence-electron chi connectivity index (χ0n) is 13.0. The summed E-state index contributed by atoms with van der Waals surface area (Å²) in [4.78, 5) is 20.1. The zero-order valence-corrected chi connectivity index (χ0v) is 13.8. The molecule has 1 aliphatic heterocycles. The van der Waals surface area contributed by atoms with Gasteiger partial charge in [-0.3, -0.25) is 5.32 Å². The number of amides is 2. The van der Waals surface area contributed by atoms with Crippen LogP contribution in [-0.2, 0) is 6.42 Å². The largest absolute Gasteiger partial charge is 0.323 e. The van der Waals surface area contributed by atoms with Gasteiger partial charge in [-0.15, -0.1) is 11.3 Å². The topological polar surface area (TPSA) is 62.5 Å². The van der Waals surface area contributed by atoms with Gasteiger partial charge in [0.05, 0.1) is 11.7 Å². The van der Waals surface area contributed by atoms with Crippen LogP contribution in [0.25, 0.3) is 5.65 Å². The molecule has 6 nitrogen and oxygen atoms in total. The van der Waals surface area contributed by atoms with E-state index >= 15 is 0 Å². The maximum absolute atomic E-state index is 12.7. The Morgan fingerprint density at radius 1 is 1.43 bits per heavy atom. The van der Waals surface area contributed by atoms with Crippen molar-refractivity contribution in [1.29, 1.82) is 0 Å². The summed E-state index contributed by atoms with van der Waals surface area (Å²) in [5.74, 6) is 0.636. The van der Waals surface area contributed by atoms with E-state index in [-0.39, 0.29) is 12.1 Å². The van der Waals surface area contributed by atoms with Gasteiger partial charge in [0.1, 0.15) is 5.82 Å². The van der Waals surface area contributed by atoms with Crippen LogP contribution in [0.4, 0.5) is 10.6 Å². The lowest BCUT2D eigenvalue weighted by Gasteiger charge is -2.33. The number of fused-ring (bicyclic) bond motifs is 2. The van der Waals surface area contributed by atoms with Gasteiger partial charge in [-0.1, -0.05) is 0 Å². The highest BCUT2D eigenvalue weighted by molar-refractivity contribution is 7.10. The van der Waals surface area contributed by atoms with Gasteiger partial charge >= 0.3 is 6.03 Å². The van der Waals surface area contributed by atoms with Crippen LogP contribution < -0.4 is 5.32 Å². The predicted octanol–water partition coefficient (Wildman–Crippen LogP) is 3.25. The third kappa shape index (κ3) is 2.37. The molecule has 0 spiro atoms. The number of nitrogens with zero attached hydrogens (tertiary/aromatic N) is 4. The Labute approximate surface area is 137 Å². The Hall–Kier alpha value is -2.41. The van der Waals surface area contributed by atoms with E-state index in [9.17, 15) is 4.79 Å². The first-order valence-corrected chi connectivity index (χ1v) is 8.47. The average Bonchev–Trinajstić information content (AvgIpc) is 3.13. The molecule has 0 aromatic carbocycles. The van der Waals surface area contributed by atoms with Crippen molar-refractivity contribution in [3.63, 3.8) is 0 Å². The van der Waals surface area contributed by atoms with Crippen LogP contribution in [0.3, 0.4) is 0 Å². The second-order valence-electron chi connectivity index (χ2n) is 5.75. The summed E-state index contributed by atoms with van der Waals surface area (Å²) in [5, 5.41) is 9.45. The third-order valence-electron chi connectivity index (χ3n) is 4.23. The molecule has 3 aromatic heterocycles. The smallest absolute Gasteiger partial charge is 0.317 e. The van der Waals surface area contributed by atoms with Crippen molar-refractivity contribution in [3.05, 3.63) is 45.9 Å². The first kappa shape index (κ1) is 14.2. The molecule has 0 radical (unpaired) electrons. The molecular weight excluding hydrogens is 310 g/mol. The highest BCUT2D eigenvalue weighted by Gasteiger charge is 2.28. The van der Waals surface area contributed by atoms with Crippen LogP contribution in [0.15, 0.2) is 29.8 Å². The van der Waals surface area contributed by atoms with E-state index in [1.165, 1.54) is 10.4 Å². The number of thiophene rings is 1. The van der Waals surface area contributed by atoms with Gasteiger partial charge in [-0.25, -0.2) is 9.78 Å². The molecule has 1 atom stereocenters. The molecule has 0 saturated carbocycles. The SMILES string of the molecule is Cc1cc2nccc(NC(=O)N3CCc4ccsc4C3C)n2n1. The van der Waals surface area contributed by atoms with Gasteiger partial charge in [-0.2, -0.15) is 9.61 Å². The second-order valence-corrected chi connectivity index (χ2v) is 6.69. The minimum Gasteiger partial charge on any atom is -0.317 e. The molecule has 3 aromatic rings. The lowest BCUT2D eigenvalue weighted by atomic mass is 10.0. The molecule has 118 valence electrons. The lowest BCUT2D eigenvalue weighted by Crippen LogP contribution is -2.41. The van der Waals surface area contributed by atoms with Gasteiger partial charge in [0.2, 0.25) is 0 Å². The highest BCUT2D eigenvalue weighted by atomic mass is 32.1. The molecule has 0 fully saturated rings. The summed E-state index contributed by atoms with van der Waals surface area (Å²) in [6.45, 7) is 4.71. The molecule has 0 bridgehead atoms. The van der Waals surface area contributed by atoms with E-state index in [1.54, 1.807) is 28.1 Å². The number of aromatic nitrogens is 3. The number of rotatable bonds is 1. The molecule has 0 aliphatic carbocycles.